The summed E-state index contributed by atoms with van der Waals surface area (Å²) in [5.41, 5.74) is 1.37. The molecule has 4 nitrogen and oxygen atoms in total. The third-order valence-electron chi connectivity index (χ3n) is 3.48. The van der Waals surface area contributed by atoms with E-state index in [-0.39, 0.29) is 5.76 Å². The van der Waals surface area contributed by atoms with Crippen molar-refractivity contribution >= 4 is 5.97 Å². The monoisotopic (exact) mass is 257 g/mol. The molecule has 0 atom stereocenters. The highest BCUT2D eigenvalue weighted by atomic mass is 16.4. The fraction of sp³-hybridized carbons (Fsp3) is 0.267. The van der Waals surface area contributed by atoms with Crippen LogP contribution in [0.5, 0.6) is 0 Å². The van der Waals surface area contributed by atoms with Crippen molar-refractivity contribution in [3.8, 4) is 0 Å². The number of hydrogen-bond donors (Lipinski definition) is 1. The van der Waals surface area contributed by atoms with Crippen LogP contribution in [0.2, 0.25) is 0 Å². The molecule has 3 rings (SSSR count). The maximum atomic E-state index is 10.7. The normalized spacial score (nSPS) is 16.2. The van der Waals surface area contributed by atoms with Crippen molar-refractivity contribution in [2.24, 2.45) is 0 Å². The molecular formula is C15H15NO3. The third kappa shape index (κ3) is 2.53. The van der Waals surface area contributed by atoms with Crippen molar-refractivity contribution in [3.05, 3.63) is 59.5 Å². The highest BCUT2D eigenvalue weighted by molar-refractivity contribution is 5.84. The van der Waals surface area contributed by atoms with Crippen LogP contribution in [0.4, 0.5) is 0 Å². The second-order valence-electron chi connectivity index (χ2n) is 4.87. The molecule has 2 heterocycles. The number of aromatic carboxylic acids is 1. The van der Waals surface area contributed by atoms with Crippen LogP contribution in [-0.2, 0) is 6.54 Å². The Bertz CT molecular complexity index is 570. The molecular weight excluding hydrogens is 242 g/mol. The number of nitrogens with zero attached hydrogens (tertiary/aromatic N) is 1. The molecule has 1 saturated heterocycles. The molecule has 0 bridgehead atoms. The van der Waals surface area contributed by atoms with E-state index < -0.39 is 5.97 Å². The van der Waals surface area contributed by atoms with Crippen molar-refractivity contribution in [3.63, 3.8) is 0 Å². The van der Waals surface area contributed by atoms with E-state index in [1.54, 1.807) is 6.07 Å². The zero-order valence-electron chi connectivity index (χ0n) is 10.5. The SMILES string of the molecule is O=C(O)c1ccc(CN2CC(c3ccccc3)C2)o1. The Morgan fingerprint density at radius 1 is 1.21 bits per heavy atom. The van der Waals surface area contributed by atoms with Crippen LogP contribution in [-0.4, -0.2) is 29.1 Å². The minimum Gasteiger partial charge on any atom is -0.475 e. The van der Waals surface area contributed by atoms with Gasteiger partial charge in [0.2, 0.25) is 5.76 Å². The maximum Gasteiger partial charge on any atom is 0.371 e. The Hall–Kier alpha value is -2.07. The van der Waals surface area contributed by atoms with Gasteiger partial charge >= 0.3 is 5.97 Å². The molecule has 0 saturated carbocycles. The molecule has 0 spiro atoms. The van der Waals surface area contributed by atoms with E-state index in [0.717, 1.165) is 13.1 Å². The minimum absolute atomic E-state index is 0.00938. The zero-order chi connectivity index (χ0) is 13.2. The van der Waals surface area contributed by atoms with Crippen LogP contribution in [0.3, 0.4) is 0 Å². The van der Waals surface area contributed by atoms with E-state index in [2.05, 4.69) is 29.2 Å². The number of carboxylic acid groups (broad SMARTS) is 1. The number of carboxylic acids is 1. The molecule has 0 aliphatic carbocycles. The predicted octanol–water partition coefficient (Wildman–Crippen LogP) is 2.58. The molecule has 1 aliphatic heterocycles. The minimum atomic E-state index is -1.02. The topological polar surface area (TPSA) is 53.7 Å². The van der Waals surface area contributed by atoms with Gasteiger partial charge in [0.25, 0.3) is 0 Å². The highest BCUT2D eigenvalue weighted by Gasteiger charge is 2.28. The second-order valence-corrected chi connectivity index (χ2v) is 4.87. The Morgan fingerprint density at radius 3 is 2.58 bits per heavy atom. The Morgan fingerprint density at radius 2 is 1.95 bits per heavy atom. The summed E-state index contributed by atoms with van der Waals surface area (Å²) in [6.07, 6.45) is 0. The molecule has 0 radical (unpaired) electrons. The summed E-state index contributed by atoms with van der Waals surface area (Å²) >= 11 is 0. The number of rotatable bonds is 4. The van der Waals surface area contributed by atoms with E-state index in [1.165, 1.54) is 11.6 Å². The van der Waals surface area contributed by atoms with Crippen LogP contribution >= 0.6 is 0 Å². The summed E-state index contributed by atoms with van der Waals surface area (Å²) in [4.78, 5) is 13.0. The lowest BCUT2D eigenvalue weighted by molar-refractivity contribution is 0.0654. The van der Waals surface area contributed by atoms with Crippen LogP contribution in [0.1, 0.15) is 27.8 Å². The first-order chi connectivity index (χ1) is 9.22. The molecule has 0 amide bonds. The lowest BCUT2D eigenvalue weighted by Gasteiger charge is -2.39. The Labute approximate surface area is 111 Å². The lowest BCUT2D eigenvalue weighted by Crippen LogP contribution is -2.44. The standard InChI is InChI=1S/C15H15NO3/c17-15(18)14-7-6-13(19-14)10-16-8-12(9-16)11-4-2-1-3-5-11/h1-7,12H,8-10H2,(H,17,18). The highest BCUT2D eigenvalue weighted by Crippen LogP contribution is 2.28. The van der Waals surface area contributed by atoms with Crippen molar-refractivity contribution in [2.45, 2.75) is 12.5 Å². The van der Waals surface area contributed by atoms with Crippen molar-refractivity contribution in [1.29, 1.82) is 0 Å². The molecule has 4 heteroatoms. The van der Waals surface area contributed by atoms with Gasteiger partial charge < -0.3 is 9.52 Å². The molecule has 1 aromatic heterocycles. The summed E-state index contributed by atoms with van der Waals surface area (Å²) in [6.45, 7) is 2.66. The Balaban J connectivity index is 1.55. The number of furan rings is 1. The molecule has 1 aromatic carbocycles. The fourth-order valence-electron chi connectivity index (χ4n) is 2.43. The Kier molecular flexibility index (Phi) is 3.09. The van der Waals surface area contributed by atoms with Gasteiger partial charge in [-0.2, -0.15) is 0 Å². The average Bonchev–Trinajstić information content (AvgIpc) is 2.83. The molecule has 1 aliphatic rings. The second kappa shape index (κ2) is 4.90. The van der Waals surface area contributed by atoms with Gasteiger partial charge in [0.05, 0.1) is 6.54 Å². The van der Waals surface area contributed by atoms with Crippen molar-refractivity contribution in [1.82, 2.24) is 4.90 Å². The number of carbonyl (C=O) groups is 1. The van der Waals surface area contributed by atoms with Gasteiger partial charge in [-0.15, -0.1) is 0 Å². The average molecular weight is 257 g/mol. The van der Waals surface area contributed by atoms with Crippen LogP contribution in [0.25, 0.3) is 0 Å². The van der Waals surface area contributed by atoms with Gasteiger partial charge in [-0.3, -0.25) is 4.90 Å². The van der Waals surface area contributed by atoms with Gasteiger partial charge in [0, 0.05) is 19.0 Å². The molecule has 2 aromatic rings. The number of likely N-dealkylation sites (tertiary alicyclic amines) is 1. The summed E-state index contributed by atoms with van der Waals surface area (Å²) in [5.74, 6) is 0.283. The maximum absolute atomic E-state index is 10.7. The van der Waals surface area contributed by atoms with E-state index >= 15 is 0 Å². The molecule has 1 fully saturated rings. The van der Waals surface area contributed by atoms with Gasteiger partial charge in [-0.05, 0) is 17.7 Å². The third-order valence-corrected chi connectivity index (χ3v) is 3.48. The largest absolute Gasteiger partial charge is 0.475 e. The lowest BCUT2D eigenvalue weighted by atomic mass is 9.91. The summed E-state index contributed by atoms with van der Waals surface area (Å²) in [7, 11) is 0. The van der Waals surface area contributed by atoms with Crippen molar-refractivity contribution < 1.29 is 14.3 Å². The van der Waals surface area contributed by atoms with Crippen LogP contribution in [0.15, 0.2) is 46.9 Å². The first-order valence-corrected chi connectivity index (χ1v) is 6.31. The molecule has 0 unspecified atom stereocenters. The molecule has 19 heavy (non-hydrogen) atoms. The van der Waals surface area contributed by atoms with E-state index in [1.807, 2.05) is 6.07 Å². The van der Waals surface area contributed by atoms with Gasteiger partial charge in [-0.25, -0.2) is 4.79 Å². The van der Waals surface area contributed by atoms with E-state index in [0.29, 0.717) is 18.2 Å². The van der Waals surface area contributed by atoms with Crippen LogP contribution < -0.4 is 0 Å². The number of hydrogen-bond acceptors (Lipinski definition) is 3. The van der Waals surface area contributed by atoms with Crippen LogP contribution in [0, 0.1) is 0 Å². The fourth-order valence-corrected chi connectivity index (χ4v) is 2.43. The molecule has 98 valence electrons. The number of benzene rings is 1. The van der Waals surface area contributed by atoms with E-state index in [4.69, 9.17) is 9.52 Å². The summed E-state index contributed by atoms with van der Waals surface area (Å²) < 4.78 is 5.25. The smallest absolute Gasteiger partial charge is 0.371 e. The molecule has 1 N–H and O–H groups in total. The van der Waals surface area contributed by atoms with Gasteiger partial charge in [0.15, 0.2) is 0 Å². The predicted molar refractivity (Wildman–Crippen MR) is 70.1 cm³/mol. The first kappa shape index (κ1) is 12.0. The quantitative estimate of drug-likeness (QED) is 0.914. The first-order valence-electron chi connectivity index (χ1n) is 6.31. The zero-order valence-corrected chi connectivity index (χ0v) is 10.5. The van der Waals surface area contributed by atoms with Gasteiger partial charge in [0.1, 0.15) is 5.76 Å². The van der Waals surface area contributed by atoms with Crippen molar-refractivity contribution in [2.75, 3.05) is 13.1 Å². The summed E-state index contributed by atoms with van der Waals surface area (Å²) in [5, 5.41) is 8.79. The summed E-state index contributed by atoms with van der Waals surface area (Å²) in [6, 6.07) is 13.7. The van der Waals surface area contributed by atoms with Gasteiger partial charge in [-0.1, -0.05) is 30.3 Å². The van der Waals surface area contributed by atoms with E-state index in [9.17, 15) is 4.79 Å².